The van der Waals surface area contributed by atoms with Crippen molar-refractivity contribution in [2.24, 2.45) is 7.05 Å². The van der Waals surface area contributed by atoms with Crippen molar-refractivity contribution in [3.8, 4) is 0 Å². The molecule has 1 aromatic heterocycles. The number of aromatic nitrogens is 2. The summed E-state index contributed by atoms with van der Waals surface area (Å²) in [6, 6.07) is 10.8. The van der Waals surface area contributed by atoms with Gasteiger partial charge in [-0.2, -0.15) is 5.10 Å². The van der Waals surface area contributed by atoms with Gasteiger partial charge in [0.1, 0.15) is 0 Å². The van der Waals surface area contributed by atoms with E-state index in [0.29, 0.717) is 12.6 Å². The van der Waals surface area contributed by atoms with Crippen LogP contribution >= 0.6 is 0 Å². The van der Waals surface area contributed by atoms with Gasteiger partial charge in [-0.3, -0.25) is 19.3 Å². The molecule has 0 saturated carbocycles. The van der Waals surface area contributed by atoms with Gasteiger partial charge in [0.2, 0.25) is 5.91 Å². The largest absolute Gasteiger partial charge is 0.339 e. The molecule has 0 N–H and O–H groups in total. The van der Waals surface area contributed by atoms with Crippen LogP contribution in [0, 0.1) is 0 Å². The number of hydrogen-bond donors (Lipinski definition) is 0. The summed E-state index contributed by atoms with van der Waals surface area (Å²) in [5.74, 6) is 0.229. The Balaban J connectivity index is 1.48. The van der Waals surface area contributed by atoms with Gasteiger partial charge < -0.3 is 4.90 Å². The molecule has 27 heavy (non-hydrogen) atoms. The summed E-state index contributed by atoms with van der Waals surface area (Å²) in [5.41, 5.74) is 2.48. The highest BCUT2D eigenvalue weighted by molar-refractivity contribution is 5.78. The maximum Gasteiger partial charge on any atom is 0.236 e. The van der Waals surface area contributed by atoms with E-state index in [0.717, 1.165) is 44.8 Å². The molecule has 0 radical (unpaired) electrons. The molecule has 0 unspecified atom stereocenters. The number of carbonyl (C=O) groups excluding carboxylic acids is 1. The molecule has 3 rings (SSSR count). The van der Waals surface area contributed by atoms with Crippen molar-refractivity contribution in [3.63, 3.8) is 0 Å². The fourth-order valence-corrected chi connectivity index (χ4v) is 3.48. The number of amides is 1. The molecule has 0 aliphatic carbocycles. The molecule has 0 bridgehead atoms. The minimum atomic E-state index is 0.229. The van der Waals surface area contributed by atoms with Crippen molar-refractivity contribution in [2.75, 3.05) is 32.7 Å². The van der Waals surface area contributed by atoms with E-state index in [4.69, 9.17) is 0 Å². The van der Waals surface area contributed by atoms with Crippen LogP contribution in [0.1, 0.15) is 25.0 Å². The highest BCUT2D eigenvalue weighted by atomic mass is 16.2. The Morgan fingerprint density at radius 3 is 2.41 bits per heavy atom. The van der Waals surface area contributed by atoms with Gasteiger partial charge in [0.25, 0.3) is 0 Å². The van der Waals surface area contributed by atoms with Crippen molar-refractivity contribution in [3.05, 3.63) is 53.9 Å². The van der Waals surface area contributed by atoms with Gasteiger partial charge in [-0.1, -0.05) is 30.3 Å². The minimum Gasteiger partial charge on any atom is -0.339 e. The summed E-state index contributed by atoms with van der Waals surface area (Å²) in [7, 11) is 1.92. The smallest absolute Gasteiger partial charge is 0.236 e. The fourth-order valence-electron chi connectivity index (χ4n) is 3.48. The Labute approximate surface area is 162 Å². The van der Waals surface area contributed by atoms with Gasteiger partial charge >= 0.3 is 0 Å². The van der Waals surface area contributed by atoms with E-state index in [9.17, 15) is 4.79 Å². The summed E-state index contributed by atoms with van der Waals surface area (Å²) in [5, 5.41) is 4.23. The van der Waals surface area contributed by atoms with Crippen LogP contribution in [0.25, 0.3) is 0 Å². The molecule has 146 valence electrons. The lowest BCUT2D eigenvalue weighted by Crippen LogP contribution is -2.51. The molecule has 1 aliphatic rings. The van der Waals surface area contributed by atoms with Gasteiger partial charge in [-0.25, -0.2) is 0 Å². The van der Waals surface area contributed by atoms with Crippen molar-refractivity contribution >= 4 is 5.91 Å². The molecule has 1 saturated heterocycles. The number of nitrogens with zero attached hydrogens (tertiary/aromatic N) is 5. The summed E-state index contributed by atoms with van der Waals surface area (Å²) in [6.45, 7) is 9.95. The first-order valence-corrected chi connectivity index (χ1v) is 9.77. The third-order valence-electron chi connectivity index (χ3n) is 5.19. The molecule has 1 amide bonds. The first kappa shape index (κ1) is 19.6. The van der Waals surface area contributed by atoms with Crippen LogP contribution < -0.4 is 0 Å². The van der Waals surface area contributed by atoms with E-state index >= 15 is 0 Å². The Hall–Kier alpha value is -2.18. The Kier molecular flexibility index (Phi) is 6.63. The lowest BCUT2D eigenvalue weighted by Gasteiger charge is -2.36. The van der Waals surface area contributed by atoms with Crippen molar-refractivity contribution in [2.45, 2.75) is 33.0 Å². The maximum atomic E-state index is 12.8. The van der Waals surface area contributed by atoms with E-state index in [1.54, 1.807) is 0 Å². The van der Waals surface area contributed by atoms with Crippen molar-refractivity contribution in [1.29, 1.82) is 0 Å². The summed E-state index contributed by atoms with van der Waals surface area (Å²) in [4.78, 5) is 19.5. The fraction of sp³-hybridized carbons (Fsp3) is 0.524. The van der Waals surface area contributed by atoms with Crippen LogP contribution in [0.2, 0.25) is 0 Å². The lowest BCUT2D eigenvalue weighted by molar-refractivity contribution is -0.134. The molecule has 2 aromatic rings. The lowest BCUT2D eigenvalue weighted by atomic mass is 10.2. The van der Waals surface area contributed by atoms with Crippen LogP contribution in [0.3, 0.4) is 0 Å². The first-order chi connectivity index (χ1) is 13.0. The van der Waals surface area contributed by atoms with Gasteiger partial charge in [0, 0.05) is 64.1 Å². The highest BCUT2D eigenvalue weighted by Gasteiger charge is 2.24. The Bertz CT molecular complexity index is 719. The zero-order valence-corrected chi connectivity index (χ0v) is 16.7. The molecule has 2 heterocycles. The van der Waals surface area contributed by atoms with E-state index in [1.807, 2.05) is 35.1 Å². The van der Waals surface area contributed by atoms with Crippen LogP contribution in [0.5, 0.6) is 0 Å². The summed E-state index contributed by atoms with van der Waals surface area (Å²) < 4.78 is 1.81. The van der Waals surface area contributed by atoms with Crippen LogP contribution in [0.4, 0.5) is 0 Å². The van der Waals surface area contributed by atoms with Crippen LogP contribution in [0.15, 0.2) is 42.7 Å². The van der Waals surface area contributed by atoms with E-state index in [2.05, 4.69) is 53.0 Å². The predicted octanol–water partition coefficient (Wildman–Crippen LogP) is 1.97. The van der Waals surface area contributed by atoms with Crippen LogP contribution in [-0.4, -0.2) is 69.2 Å². The van der Waals surface area contributed by atoms with E-state index in [1.165, 1.54) is 5.56 Å². The molecular weight excluding hydrogens is 338 g/mol. The quantitative estimate of drug-likeness (QED) is 0.749. The molecule has 6 nitrogen and oxygen atoms in total. The zero-order chi connectivity index (χ0) is 19.2. The number of rotatable bonds is 7. The minimum absolute atomic E-state index is 0.229. The second-order valence-electron chi connectivity index (χ2n) is 7.66. The standard InChI is InChI=1S/C21H31N5O/c1-18(2)26(16-20-13-22-23(3)14-20)17-21(27)25-11-9-24(10-12-25)15-19-7-5-4-6-8-19/h4-8,13-14,18H,9-12,15-17H2,1-3H3. The third kappa shape index (κ3) is 5.65. The molecule has 1 fully saturated rings. The van der Waals surface area contributed by atoms with Crippen LogP contribution in [-0.2, 0) is 24.9 Å². The summed E-state index contributed by atoms with van der Waals surface area (Å²) >= 11 is 0. The normalized spacial score (nSPS) is 15.7. The Morgan fingerprint density at radius 2 is 1.81 bits per heavy atom. The first-order valence-electron chi connectivity index (χ1n) is 9.77. The molecule has 0 spiro atoms. The maximum absolute atomic E-state index is 12.8. The SMILES string of the molecule is CC(C)N(CC(=O)N1CCN(Cc2ccccc2)CC1)Cc1cnn(C)c1. The molecule has 1 aromatic carbocycles. The molecule has 1 aliphatic heterocycles. The van der Waals surface area contributed by atoms with Gasteiger partial charge in [0.05, 0.1) is 12.7 Å². The molecule has 6 heteroatoms. The third-order valence-corrected chi connectivity index (χ3v) is 5.19. The average molecular weight is 370 g/mol. The van der Waals surface area contributed by atoms with Gasteiger partial charge in [-0.15, -0.1) is 0 Å². The number of aryl methyl sites for hydroxylation is 1. The second kappa shape index (κ2) is 9.15. The monoisotopic (exact) mass is 369 g/mol. The van der Waals surface area contributed by atoms with Gasteiger partial charge in [-0.05, 0) is 19.4 Å². The summed E-state index contributed by atoms with van der Waals surface area (Å²) in [6.07, 6.45) is 3.89. The topological polar surface area (TPSA) is 44.6 Å². The average Bonchev–Trinajstić information content (AvgIpc) is 3.07. The van der Waals surface area contributed by atoms with Crippen molar-refractivity contribution < 1.29 is 4.79 Å². The predicted molar refractivity (Wildman–Crippen MR) is 107 cm³/mol. The number of benzene rings is 1. The molecular formula is C21H31N5O. The second-order valence-corrected chi connectivity index (χ2v) is 7.66. The highest BCUT2D eigenvalue weighted by Crippen LogP contribution is 2.11. The Morgan fingerprint density at radius 1 is 1.11 bits per heavy atom. The number of hydrogen-bond acceptors (Lipinski definition) is 4. The van der Waals surface area contributed by atoms with Gasteiger partial charge in [0.15, 0.2) is 0 Å². The van der Waals surface area contributed by atoms with Crippen molar-refractivity contribution in [1.82, 2.24) is 24.5 Å². The number of piperazine rings is 1. The van der Waals surface area contributed by atoms with E-state index < -0.39 is 0 Å². The molecule has 0 atom stereocenters. The zero-order valence-electron chi connectivity index (χ0n) is 16.7. The van der Waals surface area contributed by atoms with E-state index in [-0.39, 0.29) is 5.91 Å². The number of carbonyl (C=O) groups is 1.